The van der Waals surface area contributed by atoms with Crippen molar-refractivity contribution in [3.8, 4) is 0 Å². The van der Waals surface area contributed by atoms with Gasteiger partial charge in [-0.1, -0.05) is 98.3 Å². The van der Waals surface area contributed by atoms with Gasteiger partial charge in [0.1, 0.15) is 0 Å². The minimum atomic E-state index is -1.45. The van der Waals surface area contributed by atoms with Crippen molar-refractivity contribution in [2.24, 2.45) is 0 Å². The lowest BCUT2D eigenvalue weighted by Crippen LogP contribution is -2.56. The lowest BCUT2D eigenvalue weighted by Gasteiger charge is -2.24. The first kappa shape index (κ1) is 20.4. The Kier molecular flexibility index (Phi) is 5.83. The molecule has 3 aromatic carbocycles. The number of hydrogen-bond donors (Lipinski definition) is 2. The smallest absolute Gasteiger partial charge is 0.423 e. The summed E-state index contributed by atoms with van der Waals surface area (Å²) in [5, 5.41) is 19.0. The normalized spacial score (nSPS) is 10.9. The summed E-state index contributed by atoms with van der Waals surface area (Å²) in [6.07, 6.45) is 0. The highest BCUT2D eigenvalue weighted by molar-refractivity contribution is 6.96. The van der Waals surface area contributed by atoms with E-state index >= 15 is 0 Å². The molecule has 28 heavy (non-hydrogen) atoms. The lowest BCUT2D eigenvalue weighted by atomic mass is 9.34. The molecule has 0 radical (unpaired) electrons. The van der Waals surface area contributed by atoms with E-state index in [1.165, 1.54) is 44.3 Å². The highest BCUT2D eigenvalue weighted by atomic mass is 16.4. The number of rotatable bonds is 4. The average molecular weight is 370 g/mol. The minimum absolute atomic E-state index is 0.103. The van der Waals surface area contributed by atoms with E-state index < -0.39 is 7.12 Å². The van der Waals surface area contributed by atoms with Crippen molar-refractivity contribution in [2.45, 2.75) is 41.5 Å². The van der Waals surface area contributed by atoms with Gasteiger partial charge in [-0.05, 0) is 47.0 Å². The molecule has 3 aromatic rings. The first-order chi connectivity index (χ1) is 13.2. The van der Waals surface area contributed by atoms with Gasteiger partial charge in [0.25, 0.3) is 0 Å². The monoisotopic (exact) mass is 370 g/mol. The molecule has 0 aliphatic carbocycles. The molecule has 0 aliphatic heterocycles. The second-order valence-corrected chi connectivity index (χ2v) is 8.10. The second kappa shape index (κ2) is 7.98. The Labute approximate surface area is 169 Å². The van der Waals surface area contributed by atoms with Crippen LogP contribution in [0.3, 0.4) is 0 Å². The SMILES string of the molecule is Cc1cc(C)c(B(c2ccc(B(O)O)cc2)c2c(C)cc(C)cc2C)c(C)c1. The quantitative estimate of drug-likeness (QED) is 0.687. The highest BCUT2D eigenvalue weighted by Gasteiger charge is 2.28. The fourth-order valence-electron chi connectivity index (χ4n) is 4.63. The van der Waals surface area contributed by atoms with Crippen LogP contribution in [0.2, 0.25) is 0 Å². The molecular weight excluding hydrogens is 342 g/mol. The van der Waals surface area contributed by atoms with E-state index in [0.717, 1.165) is 5.46 Å². The van der Waals surface area contributed by atoms with Crippen molar-refractivity contribution in [2.75, 3.05) is 0 Å². The van der Waals surface area contributed by atoms with E-state index in [2.05, 4.69) is 65.8 Å². The van der Waals surface area contributed by atoms with Crippen molar-refractivity contribution >= 4 is 35.7 Å². The van der Waals surface area contributed by atoms with Crippen LogP contribution in [-0.4, -0.2) is 23.9 Å². The summed E-state index contributed by atoms with van der Waals surface area (Å²) in [4.78, 5) is 0. The Morgan fingerprint density at radius 2 is 0.857 bits per heavy atom. The Morgan fingerprint density at radius 3 is 1.18 bits per heavy atom. The number of hydrogen-bond acceptors (Lipinski definition) is 2. The molecule has 0 saturated heterocycles. The third kappa shape index (κ3) is 3.94. The summed E-state index contributed by atoms with van der Waals surface area (Å²) in [5.41, 5.74) is 12.0. The fourth-order valence-corrected chi connectivity index (χ4v) is 4.63. The van der Waals surface area contributed by atoms with Crippen LogP contribution < -0.4 is 21.9 Å². The maximum Gasteiger partial charge on any atom is 0.488 e. The van der Waals surface area contributed by atoms with E-state index in [-0.39, 0.29) is 6.71 Å². The van der Waals surface area contributed by atoms with Crippen molar-refractivity contribution in [1.29, 1.82) is 0 Å². The third-order valence-electron chi connectivity index (χ3n) is 5.62. The second-order valence-electron chi connectivity index (χ2n) is 8.10. The summed E-state index contributed by atoms with van der Waals surface area (Å²) in [7, 11) is -1.45. The molecule has 0 bridgehead atoms. The van der Waals surface area contributed by atoms with E-state index in [9.17, 15) is 10.0 Å². The Hall–Kier alpha value is -2.29. The summed E-state index contributed by atoms with van der Waals surface area (Å²) in [6.45, 7) is 13.1. The molecule has 3 rings (SSSR count). The summed E-state index contributed by atoms with van der Waals surface area (Å²) >= 11 is 0. The van der Waals surface area contributed by atoms with Crippen LogP contribution in [-0.2, 0) is 0 Å². The molecule has 0 atom stereocenters. The molecule has 0 spiro atoms. The molecule has 0 aromatic heterocycles. The molecule has 0 heterocycles. The lowest BCUT2D eigenvalue weighted by molar-refractivity contribution is 0.426. The van der Waals surface area contributed by atoms with Crippen molar-refractivity contribution < 1.29 is 10.0 Å². The minimum Gasteiger partial charge on any atom is -0.423 e. The first-order valence-corrected chi connectivity index (χ1v) is 9.80. The van der Waals surface area contributed by atoms with Gasteiger partial charge < -0.3 is 10.0 Å². The zero-order valence-corrected chi connectivity index (χ0v) is 17.7. The van der Waals surface area contributed by atoms with Gasteiger partial charge in [-0.3, -0.25) is 0 Å². The third-order valence-corrected chi connectivity index (χ3v) is 5.62. The van der Waals surface area contributed by atoms with Gasteiger partial charge in [-0.15, -0.1) is 0 Å². The van der Waals surface area contributed by atoms with Crippen LogP contribution in [0, 0.1) is 41.5 Å². The number of benzene rings is 3. The zero-order valence-electron chi connectivity index (χ0n) is 17.7. The number of aryl methyl sites for hydroxylation is 6. The standard InChI is InChI=1S/C24H28B2O2/c1-15-11-17(3)23(18(4)12-15)25(21-7-9-22(10-8-21)26(27)28)24-19(5)13-16(2)14-20(24)6/h7-14,27-28H,1-6H3. The van der Waals surface area contributed by atoms with E-state index in [1.54, 1.807) is 0 Å². The molecule has 0 saturated carbocycles. The molecule has 0 unspecified atom stereocenters. The predicted octanol–water partition coefficient (Wildman–Crippen LogP) is 1.73. The van der Waals surface area contributed by atoms with E-state index in [0.29, 0.717) is 5.46 Å². The molecule has 142 valence electrons. The first-order valence-electron chi connectivity index (χ1n) is 9.80. The average Bonchev–Trinajstić information content (AvgIpc) is 2.58. The largest absolute Gasteiger partial charge is 0.488 e. The summed E-state index contributed by atoms with van der Waals surface area (Å²) in [5.74, 6) is 0. The van der Waals surface area contributed by atoms with Crippen molar-refractivity contribution in [3.05, 3.63) is 81.9 Å². The fraction of sp³-hybridized carbons (Fsp3) is 0.250. The van der Waals surface area contributed by atoms with Crippen LogP contribution in [0.25, 0.3) is 0 Å². The van der Waals surface area contributed by atoms with Gasteiger partial charge in [0, 0.05) is 0 Å². The van der Waals surface area contributed by atoms with Crippen LogP contribution in [0.4, 0.5) is 0 Å². The van der Waals surface area contributed by atoms with Crippen LogP contribution in [0.1, 0.15) is 33.4 Å². The maximum atomic E-state index is 9.48. The topological polar surface area (TPSA) is 40.5 Å². The Morgan fingerprint density at radius 1 is 0.536 bits per heavy atom. The van der Waals surface area contributed by atoms with E-state index in [1.807, 2.05) is 24.3 Å². The molecule has 4 heteroatoms. The Balaban J connectivity index is 2.30. The summed E-state index contributed by atoms with van der Waals surface area (Å²) < 4.78 is 0. The Bertz CT molecular complexity index is 904. The predicted molar refractivity (Wildman–Crippen MR) is 122 cm³/mol. The van der Waals surface area contributed by atoms with Crippen molar-refractivity contribution in [3.63, 3.8) is 0 Å². The van der Waals surface area contributed by atoms with Gasteiger partial charge in [-0.2, -0.15) is 0 Å². The molecule has 0 aliphatic rings. The van der Waals surface area contributed by atoms with Gasteiger partial charge in [0.05, 0.1) is 0 Å². The van der Waals surface area contributed by atoms with Gasteiger partial charge in [-0.25, -0.2) is 0 Å². The van der Waals surface area contributed by atoms with Gasteiger partial charge in [0.15, 0.2) is 0 Å². The van der Waals surface area contributed by atoms with Crippen LogP contribution in [0.15, 0.2) is 48.5 Å². The molecule has 0 fully saturated rings. The van der Waals surface area contributed by atoms with Gasteiger partial charge in [0.2, 0.25) is 6.71 Å². The highest BCUT2D eigenvalue weighted by Crippen LogP contribution is 2.12. The van der Waals surface area contributed by atoms with Gasteiger partial charge >= 0.3 is 7.12 Å². The van der Waals surface area contributed by atoms with Crippen LogP contribution >= 0.6 is 0 Å². The van der Waals surface area contributed by atoms with Crippen LogP contribution in [0.5, 0.6) is 0 Å². The maximum absolute atomic E-state index is 9.48. The van der Waals surface area contributed by atoms with E-state index in [4.69, 9.17) is 0 Å². The molecule has 2 nitrogen and oxygen atoms in total. The molecule has 2 N–H and O–H groups in total. The zero-order chi connectivity index (χ0) is 20.6. The van der Waals surface area contributed by atoms with Crippen molar-refractivity contribution in [1.82, 2.24) is 0 Å². The summed E-state index contributed by atoms with van der Waals surface area (Å²) in [6, 6.07) is 16.7. The molecule has 0 amide bonds. The molecular formula is C24H28B2O2.